The lowest BCUT2D eigenvalue weighted by Gasteiger charge is -2.51. The summed E-state index contributed by atoms with van der Waals surface area (Å²) in [5.41, 5.74) is 2.60. The van der Waals surface area contributed by atoms with Gasteiger partial charge in [-0.25, -0.2) is 9.37 Å². The Labute approximate surface area is 208 Å². The second-order valence-electron chi connectivity index (χ2n) is 9.18. The number of piperazine rings is 1. The van der Waals surface area contributed by atoms with Gasteiger partial charge in [-0.15, -0.1) is 0 Å². The lowest BCUT2D eigenvalue weighted by molar-refractivity contribution is 0.0705. The zero-order valence-electron chi connectivity index (χ0n) is 20.0. The van der Waals surface area contributed by atoms with Gasteiger partial charge in [0.1, 0.15) is 35.4 Å². The van der Waals surface area contributed by atoms with Crippen molar-refractivity contribution in [2.75, 3.05) is 24.6 Å². The highest BCUT2D eigenvalue weighted by Gasteiger charge is 2.42. The van der Waals surface area contributed by atoms with Gasteiger partial charge < -0.3 is 14.2 Å². The molecule has 0 saturated carbocycles. The molecule has 7 nitrogen and oxygen atoms in total. The van der Waals surface area contributed by atoms with Crippen LogP contribution in [0.4, 0.5) is 10.1 Å². The van der Waals surface area contributed by atoms with Crippen molar-refractivity contribution in [1.29, 1.82) is 5.26 Å². The van der Waals surface area contributed by atoms with Crippen molar-refractivity contribution >= 4 is 28.3 Å². The van der Waals surface area contributed by atoms with Crippen LogP contribution in [0.15, 0.2) is 35.1 Å². The van der Waals surface area contributed by atoms with Crippen LogP contribution in [0.2, 0.25) is 5.02 Å². The molecule has 9 heteroatoms. The van der Waals surface area contributed by atoms with E-state index in [1.54, 1.807) is 31.3 Å². The summed E-state index contributed by atoms with van der Waals surface area (Å²) in [6.07, 6.45) is 1.60. The van der Waals surface area contributed by atoms with Gasteiger partial charge in [0.15, 0.2) is 0 Å². The first-order valence-corrected chi connectivity index (χ1v) is 12.3. The van der Waals surface area contributed by atoms with Crippen LogP contribution in [0, 0.1) is 17.1 Å². The minimum absolute atomic E-state index is 0.0439. The van der Waals surface area contributed by atoms with Crippen molar-refractivity contribution in [1.82, 2.24) is 14.5 Å². The normalized spacial score (nSPS) is 20.6. The molecule has 1 saturated heterocycles. The maximum absolute atomic E-state index is 14.9. The fourth-order valence-electron chi connectivity index (χ4n) is 5.54. The number of benzene rings is 1. The number of rotatable bonds is 4. The molecule has 0 amide bonds. The molecule has 5 rings (SSSR count). The molecule has 2 aromatic heterocycles. The molecule has 2 aliphatic heterocycles. The molecule has 0 radical (unpaired) electrons. The maximum atomic E-state index is 14.9. The summed E-state index contributed by atoms with van der Waals surface area (Å²) in [7, 11) is 1.69. The predicted molar refractivity (Wildman–Crippen MR) is 134 cm³/mol. The Morgan fingerprint density at radius 3 is 2.77 bits per heavy atom. The van der Waals surface area contributed by atoms with Gasteiger partial charge in [0.25, 0.3) is 5.56 Å². The average molecular weight is 496 g/mol. The molecule has 3 aromatic rings. The molecular weight excluding hydrogens is 469 g/mol. The van der Waals surface area contributed by atoms with Crippen LogP contribution in [-0.2, 0) is 7.05 Å². The van der Waals surface area contributed by atoms with Crippen molar-refractivity contribution in [2.24, 2.45) is 7.05 Å². The van der Waals surface area contributed by atoms with E-state index in [0.29, 0.717) is 47.0 Å². The van der Waals surface area contributed by atoms with Gasteiger partial charge in [-0.05, 0) is 37.1 Å². The van der Waals surface area contributed by atoms with Crippen molar-refractivity contribution in [3.63, 3.8) is 0 Å². The molecule has 0 N–H and O–H groups in total. The molecule has 0 bridgehead atoms. The standard InChI is InChI=1S/C26H27ClFN5O2/c1-4-17-12-33-18(13-32(17)21(5-2)19-8-6-15(27)10-20(19)28)14-35-25-24(33)23-22(31(3)26(25)34)9-7-16(11-29)30-23/h6-10,17-18,21H,4-5,12-14H2,1-3H3/t17-,18+,21?/m1/s1. The summed E-state index contributed by atoms with van der Waals surface area (Å²) in [5.74, 6) is -0.0208. The summed E-state index contributed by atoms with van der Waals surface area (Å²) >= 11 is 6.01. The average Bonchev–Trinajstić information content (AvgIpc) is 2.87. The van der Waals surface area contributed by atoms with Crippen molar-refractivity contribution in [3.05, 3.63) is 62.8 Å². The third kappa shape index (κ3) is 3.83. The van der Waals surface area contributed by atoms with E-state index in [9.17, 15) is 14.4 Å². The van der Waals surface area contributed by atoms with E-state index >= 15 is 0 Å². The number of hydrogen-bond acceptors (Lipinski definition) is 6. The van der Waals surface area contributed by atoms with Gasteiger partial charge in [0, 0.05) is 42.8 Å². The molecule has 1 aromatic carbocycles. The summed E-state index contributed by atoms with van der Waals surface area (Å²) < 4.78 is 22.5. The van der Waals surface area contributed by atoms with Crippen molar-refractivity contribution < 1.29 is 9.13 Å². The van der Waals surface area contributed by atoms with Crippen molar-refractivity contribution in [2.45, 2.75) is 44.8 Å². The quantitative estimate of drug-likeness (QED) is 0.533. The molecule has 1 unspecified atom stereocenters. The first-order valence-electron chi connectivity index (χ1n) is 11.9. The van der Waals surface area contributed by atoms with E-state index in [4.69, 9.17) is 16.3 Å². The number of hydrogen-bond donors (Lipinski definition) is 0. The van der Waals surface area contributed by atoms with E-state index in [1.807, 2.05) is 0 Å². The third-order valence-corrected chi connectivity index (χ3v) is 7.55. The van der Waals surface area contributed by atoms with Crippen LogP contribution in [-0.4, -0.2) is 46.2 Å². The number of halogens is 2. The molecule has 1 fully saturated rings. The van der Waals surface area contributed by atoms with E-state index in [-0.39, 0.29) is 40.9 Å². The Hall–Kier alpha value is -3.15. The number of anilines is 1. The van der Waals surface area contributed by atoms with E-state index in [2.05, 4.69) is 34.7 Å². The van der Waals surface area contributed by atoms with Gasteiger partial charge >= 0.3 is 0 Å². The fraction of sp³-hybridized carbons (Fsp3) is 0.423. The van der Waals surface area contributed by atoms with Crippen LogP contribution in [0.5, 0.6) is 5.75 Å². The van der Waals surface area contributed by atoms with Crippen LogP contribution in [0.25, 0.3) is 11.0 Å². The minimum atomic E-state index is -0.297. The summed E-state index contributed by atoms with van der Waals surface area (Å²) in [6.45, 7) is 5.82. The Balaban J connectivity index is 1.59. The monoisotopic (exact) mass is 495 g/mol. The van der Waals surface area contributed by atoms with E-state index in [1.165, 1.54) is 10.6 Å². The maximum Gasteiger partial charge on any atom is 0.295 e. The molecule has 182 valence electrons. The van der Waals surface area contributed by atoms with Crippen LogP contribution in [0.3, 0.4) is 0 Å². The zero-order valence-corrected chi connectivity index (χ0v) is 20.7. The second kappa shape index (κ2) is 9.14. The van der Waals surface area contributed by atoms with Crippen LogP contribution >= 0.6 is 11.6 Å². The molecule has 3 atom stereocenters. The number of nitrogens with zero attached hydrogens (tertiary/aromatic N) is 5. The molecule has 2 aliphatic rings. The molecule has 0 aliphatic carbocycles. The number of aromatic nitrogens is 2. The van der Waals surface area contributed by atoms with Gasteiger partial charge in [0.2, 0.25) is 5.75 Å². The lowest BCUT2D eigenvalue weighted by Crippen LogP contribution is -2.62. The largest absolute Gasteiger partial charge is 0.484 e. The van der Waals surface area contributed by atoms with Crippen molar-refractivity contribution in [3.8, 4) is 11.8 Å². The lowest BCUT2D eigenvalue weighted by atomic mass is 9.94. The Morgan fingerprint density at radius 1 is 1.29 bits per heavy atom. The van der Waals surface area contributed by atoms with Gasteiger partial charge in [-0.2, -0.15) is 5.26 Å². The predicted octanol–water partition coefficient (Wildman–Crippen LogP) is 4.41. The minimum Gasteiger partial charge on any atom is -0.484 e. The third-order valence-electron chi connectivity index (χ3n) is 7.31. The van der Waals surface area contributed by atoms with Gasteiger partial charge in [0.05, 0.1) is 11.6 Å². The Morgan fingerprint density at radius 2 is 2.09 bits per heavy atom. The van der Waals surface area contributed by atoms with Crippen LogP contribution in [0.1, 0.15) is 44.0 Å². The first-order chi connectivity index (χ1) is 16.9. The Kier molecular flexibility index (Phi) is 6.16. The van der Waals surface area contributed by atoms with E-state index < -0.39 is 0 Å². The summed E-state index contributed by atoms with van der Waals surface area (Å²) in [5, 5.41) is 9.82. The fourth-order valence-corrected chi connectivity index (χ4v) is 5.70. The molecule has 35 heavy (non-hydrogen) atoms. The smallest absolute Gasteiger partial charge is 0.295 e. The highest BCUT2D eigenvalue weighted by molar-refractivity contribution is 6.30. The molecule has 0 spiro atoms. The van der Waals surface area contributed by atoms with Gasteiger partial charge in [-0.1, -0.05) is 31.5 Å². The Bertz CT molecular complexity index is 1400. The topological polar surface area (TPSA) is 74.4 Å². The number of aryl methyl sites for hydroxylation is 1. The summed E-state index contributed by atoms with van der Waals surface area (Å²) in [4.78, 5) is 22.3. The second-order valence-corrected chi connectivity index (χ2v) is 9.62. The van der Waals surface area contributed by atoms with E-state index in [0.717, 1.165) is 12.8 Å². The van der Waals surface area contributed by atoms with Crippen LogP contribution < -0.4 is 15.2 Å². The number of pyridine rings is 2. The number of nitriles is 1. The highest BCUT2D eigenvalue weighted by Crippen LogP contribution is 2.41. The SMILES string of the molecule is CCC(c1ccc(Cl)cc1F)N1C[C@H]2COc3c(c4nc(C#N)ccc4n(C)c3=O)N2C[C@H]1CC. The molecule has 4 heterocycles. The number of ether oxygens (including phenoxy) is 1. The number of fused-ring (bicyclic) bond motifs is 5. The van der Waals surface area contributed by atoms with Gasteiger partial charge in [-0.3, -0.25) is 9.69 Å². The molecular formula is C26H27ClFN5O2. The summed E-state index contributed by atoms with van der Waals surface area (Å²) in [6, 6.07) is 10.3. The zero-order chi connectivity index (χ0) is 24.9. The first kappa shape index (κ1) is 23.6. The highest BCUT2D eigenvalue weighted by atomic mass is 35.5.